The molecule has 0 amide bonds. The zero-order valence-electron chi connectivity index (χ0n) is 10.6. The van der Waals surface area contributed by atoms with Crippen LogP contribution in [-0.4, -0.2) is 0 Å². The first kappa shape index (κ1) is 16.6. The lowest BCUT2D eigenvalue weighted by Gasteiger charge is -2.20. The zero-order chi connectivity index (χ0) is 15.7. The molecule has 0 aliphatic rings. The molecule has 1 aromatic carbocycles. The quantitative estimate of drug-likeness (QED) is 0.635. The summed E-state index contributed by atoms with van der Waals surface area (Å²) in [6.45, 7) is 5.11. The molecule has 0 saturated heterocycles. The van der Waals surface area contributed by atoms with Crippen molar-refractivity contribution < 1.29 is 26.3 Å². The van der Waals surface area contributed by atoms with E-state index in [0.29, 0.717) is 11.6 Å². The van der Waals surface area contributed by atoms with Crippen LogP contribution in [0.15, 0.2) is 30.4 Å². The van der Waals surface area contributed by atoms with Gasteiger partial charge in [-0.3, -0.25) is 0 Å². The zero-order valence-corrected chi connectivity index (χ0v) is 10.6. The summed E-state index contributed by atoms with van der Waals surface area (Å²) in [5, 5.41) is 0. The van der Waals surface area contributed by atoms with Crippen molar-refractivity contribution in [3.63, 3.8) is 0 Å². The van der Waals surface area contributed by atoms with Gasteiger partial charge in [0.1, 0.15) is 0 Å². The van der Waals surface area contributed by atoms with Gasteiger partial charge in [0.25, 0.3) is 0 Å². The van der Waals surface area contributed by atoms with Crippen molar-refractivity contribution in [3.8, 4) is 0 Å². The molecule has 2 N–H and O–H groups in total. The van der Waals surface area contributed by atoms with E-state index in [0.717, 1.165) is 6.07 Å². The maximum atomic E-state index is 12.9. The van der Waals surface area contributed by atoms with Crippen LogP contribution in [0.4, 0.5) is 26.3 Å². The Bertz CT molecular complexity index is 501. The first-order valence-corrected chi connectivity index (χ1v) is 5.61. The molecule has 1 nitrogen and oxygen atoms in total. The molecule has 0 unspecified atom stereocenters. The summed E-state index contributed by atoms with van der Waals surface area (Å²) in [6.07, 6.45) is -9.67. The Morgan fingerprint density at radius 2 is 1.70 bits per heavy atom. The summed E-state index contributed by atoms with van der Waals surface area (Å²) < 4.78 is 76.1. The van der Waals surface area contributed by atoms with E-state index in [1.165, 1.54) is 0 Å². The van der Waals surface area contributed by atoms with Crippen LogP contribution < -0.4 is 5.73 Å². The van der Waals surface area contributed by atoms with Gasteiger partial charge in [0, 0.05) is 6.04 Å². The first-order chi connectivity index (χ1) is 8.93. The van der Waals surface area contributed by atoms with E-state index in [4.69, 9.17) is 5.73 Å². The average Bonchev–Trinajstić information content (AvgIpc) is 2.24. The number of hydrogen-bond acceptors (Lipinski definition) is 1. The van der Waals surface area contributed by atoms with Gasteiger partial charge in [0.2, 0.25) is 0 Å². The van der Waals surface area contributed by atoms with E-state index >= 15 is 0 Å². The van der Waals surface area contributed by atoms with Crippen molar-refractivity contribution in [2.24, 2.45) is 5.73 Å². The number of benzene rings is 1. The second kappa shape index (κ2) is 5.47. The highest BCUT2D eigenvalue weighted by atomic mass is 19.4. The molecule has 1 aromatic rings. The van der Waals surface area contributed by atoms with Gasteiger partial charge in [-0.25, -0.2) is 0 Å². The Morgan fingerprint density at radius 1 is 1.15 bits per heavy atom. The van der Waals surface area contributed by atoms with E-state index in [9.17, 15) is 26.3 Å². The average molecular weight is 297 g/mol. The van der Waals surface area contributed by atoms with Crippen LogP contribution in [-0.2, 0) is 12.4 Å². The standard InChI is InChI=1S/C13H13F6N/c1-7(2)5-11(20)9-4-3-8(12(14,15)16)6-10(9)13(17,18)19/h3-4,6,11H,1,5,20H2,2H3/t11-/m0/s1. The van der Waals surface area contributed by atoms with E-state index < -0.39 is 29.5 Å². The molecule has 0 aliphatic heterocycles. The summed E-state index contributed by atoms with van der Waals surface area (Å²) in [5.41, 5.74) is 3.08. The monoisotopic (exact) mass is 297 g/mol. The SMILES string of the molecule is C=C(C)C[C@H](N)c1ccc(C(F)(F)F)cc1C(F)(F)F. The van der Waals surface area contributed by atoms with Crippen molar-refractivity contribution in [2.45, 2.75) is 31.7 Å². The Labute approximate surface area is 112 Å². The third-order valence-corrected chi connectivity index (χ3v) is 2.65. The summed E-state index contributed by atoms with van der Waals surface area (Å²) in [5.74, 6) is 0. The fourth-order valence-corrected chi connectivity index (χ4v) is 1.79. The normalized spacial score (nSPS) is 14.2. The predicted octanol–water partition coefficient (Wildman–Crippen LogP) is 4.69. The molecule has 0 bridgehead atoms. The molecule has 1 rings (SSSR count). The minimum Gasteiger partial charge on any atom is -0.324 e. The molecular weight excluding hydrogens is 284 g/mol. The lowest BCUT2D eigenvalue weighted by molar-refractivity contribution is -0.143. The van der Waals surface area contributed by atoms with Gasteiger partial charge < -0.3 is 5.73 Å². The second-order valence-electron chi connectivity index (χ2n) is 4.57. The van der Waals surface area contributed by atoms with Crippen molar-refractivity contribution in [1.29, 1.82) is 0 Å². The lowest BCUT2D eigenvalue weighted by Crippen LogP contribution is -2.19. The minimum atomic E-state index is -4.90. The van der Waals surface area contributed by atoms with Crippen LogP contribution in [0.1, 0.15) is 36.1 Å². The highest BCUT2D eigenvalue weighted by Crippen LogP contribution is 2.39. The van der Waals surface area contributed by atoms with E-state index in [-0.39, 0.29) is 18.1 Å². The van der Waals surface area contributed by atoms with Crippen molar-refractivity contribution in [2.75, 3.05) is 0 Å². The summed E-state index contributed by atoms with van der Waals surface area (Å²) in [4.78, 5) is 0. The smallest absolute Gasteiger partial charge is 0.324 e. The van der Waals surface area contributed by atoms with Gasteiger partial charge in [0.15, 0.2) is 0 Å². The van der Waals surface area contributed by atoms with E-state index in [1.807, 2.05) is 0 Å². The van der Waals surface area contributed by atoms with Crippen LogP contribution in [0.5, 0.6) is 0 Å². The van der Waals surface area contributed by atoms with Gasteiger partial charge in [0.05, 0.1) is 11.1 Å². The third-order valence-electron chi connectivity index (χ3n) is 2.65. The summed E-state index contributed by atoms with van der Waals surface area (Å²) >= 11 is 0. The fourth-order valence-electron chi connectivity index (χ4n) is 1.79. The number of hydrogen-bond donors (Lipinski definition) is 1. The summed E-state index contributed by atoms with van der Waals surface area (Å²) in [6, 6.07) is 0.418. The molecule has 20 heavy (non-hydrogen) atoms. The maximum Gasteiger partial charge on any atom is 0.416 e. The predicted molar refractivity (Wildman–Crippen MR) is 62.8 cm³/mol. The molecule has 7 heteroatoms. The fraction of sp³-hybridized carbons (Fsp3) is 0.385. The van der Waals surface area contributed by atoms with E-state index in [2.05, 4.69) is 6.58 Å². The first-order valence-electron chi connectivity index (χ1n) is 5.61. The Balaban J connectivity index is 3.35. The van der Waals surface area contributed by atoms with Crippen LogP contribution in [0.25, 0.3) is 0 Å². The van der Waals surface area contributed by atoms with Gasteiger partial charge in [-0.15, -0.1) is 6.58 Å². The number of rotatable bonds is 3. The third kappa shape index (κ3) is 4.00. The van der Waals surface area contributed by atoms with Crippen LogP contribution in [0, 0.1) is 0 Å². The number of alkyl halides is 6. The van der Waals surface area contributed by atoms with Gasteiger partial charge in [-0.2, -0.15) is 26.3 Å². The van der Waals surface area contributed by atoms with Crippen molar-refractivity contribution in [3.05, 3.63) is 47.0 Å². The molecule has 0 spiro atoms. The van der Waals surface area contributed by atoms with Crippen molar-refractivity contribution in [1.82, 2.24) is 0 Å². The van der Waals surface area contributed by atoms with Crippen molar-refractivity contribution >= 4 is 0 Å². The van der Waals surface area contributed by atoms with Gasteiger partial charge >= 0.3 is 12.4 Å². The highest BCUT2D eigenvalue weighted by Gasteiger charge is 2.38. The molecule has 112 valence electrons. The molecular formula is C13H13F6N. The van der Waals surface area contributed by atoms with Gasteiger partial charge in [-0.1, -0.05) is 11.6 Å². The Kier molecular flexibility index (Phi) is 4.53. The van der Waals surface area contributed by atoms with E-state index in [1.54, 1.807) is 6.92 Å². The van der Waals surface area contributed by atoms with Crippen LogP contribution >= 0.6 is 0 Å². The Morgan fingerprint density at radius 3 is 2.10 bits per heavy atom. The van der Waals surface area contributed by atoms with Crippen LogP contribution in [0.2, 0.25) is 0 Å². The molecule has 1 atom stereocenters. The highest BCUT2D eigenvalue weighted by molar-refractivity contribution is 5.37. The Hall–Kier alpha value is -1.50. The van der Waals surface area contributed by atoms with Gasteiger partial charge in [-0.05, 0) is 31.0 Å². The largest absolute Gasteiger partial charge is 0.416 e. The minimum absolute atomic E-state index is 0.0639. The molecule has 0 heterocycles. The molecule has 0 fully saturated rings. The number of nitrogens with two attached hydrogens (primary N) is 1. The lowest BCUT2D eigenvalue weighted by atomic mass is 9.94. The topological polar surface area (TPSA) is 26.0 Å². The summed E-state index contributed by atoms with van der Waals surface area (Å²) in [7, 11) is 0. The second-order valence-corrected chi connectivity index (χ2v) is 4.57. The molecule has 0 aliphatic carbocycles. The molecule has 0 aromatic heterocycles. The maximum absolute atomic E-state index is 12.9. The molecule has 0 radical (unpaired) electrons. The number of halogens is 6. The van der Waals surface area contributed by atoms with Crippen LogP contribution in [0.3, 0.4) is 0 Å². The molecule has 0 saturated carbocycles.